The van der Waals surface area contributed by atoms with E-state index >= 15 is 0 Å². The van der Waals surface area contributed by atoms with Crippen LogP contribution in [0.25, 0.3) is 0 Å². The van der Waals surface area contributed by atoms with Crippen molar-refractivity contribution < 1.29 is 4.74 Å². The number of hydrogen-bond acceptors (Lipinski definition) is 4. The summed E-state index contributed by atoms with van der Waals surface area (Å²) in [5.74, 6) is 0.875. The van der Waals surface area contributed by atoms with E-state index in [0.717, 1.165) is 43.5 Å². The summed E-state index contributed by atoms with van der Waals surface area (Å²) < 4.78 is 6.04. The molecule has 5 nitrogen and oxygen atoms in total. The van der Waals surface area contributed by atoms with Crippen molar-refractivity contribution in [3.8, 4) is 0 Å². The van der Waals surface area contributed by atoms with E-state index in [1.54, 1.807) is 11.3 Å². The van der Waals surface area contributed by atoms with E-state index in [0.29, 0.717) is 12.6 Å². The Labute approximate surface area is 156 Å². The number of aliphatic imine (C=N–C) groups is 1. The third-order valence-corrected chi connectivity index (χ3v) is 5.30. The predicted molar refractivity (Wildman–Crippen MR) is 106 cm³/mol. The summed E-state index contributed by atoms with van der Waals surface area (Å²) in [6, 6.07) is 0. The Morgan fingerprint density at radius 3 is 2.72 bits per heavy atom. The van der Waals surface area contributed by atoms with Crippen molar-refractivity contribution in [2.75, 3.05) is 19.7 Å². The monoisotopic (exact) mass is 366 g/mol. The van der Waals surface area contributed by atoms with Crippen LogP contribution in [0.2, 0.25) is 0 Å². The molecule has 2 rings (SSSR count). The maximum Gasteiger partial charge on any atom is 0.191 e. The first-order valence-corrected chi connectivity index (χ1v) is 10.6. The van der Waals surface area contributed by atoms with Gasteiger partial charge in [-0.05, 0) is 39.5 Å². The van der Waals surface area contributed by atoms with E-state index in [4.69, 9.17) is 4.74 Å². The lowest BCUT2D eigenvalue weighted by Gasteiger charge is -2.15. The fourth-order valence-corrected chi connectivity index (χ4v) is 3.77. The number of hydrogen-bond donors (Lipinski definition) is 2. The van der Waals surface area contributed by atoms with Gasteiger partial charge >= 0.3 is 0 Å². The summed E-state index contributed by atoms with van der Waals surface area (Å²) in [4.78, 5) is 10.2. The largest absolute Gasteiger partial charge is 0.378 e. The number of thiazole rings is 1. The van der Waals surface area contributed by atoms with Crippen LogP contribution in [0, 0.1) is 6.92 Å². The molecule has 0 aliphatic heterocycles. The number of guanidine groups is 1. The molecule has 1 heterocycles. The standard InChI is InChI=1S/C19H34N4OS/c1-3-20-19(23-15-18-22-14-16(2)25-18)21-12-8-9-13-24-17-10-6-4-5-7-11-17/h14,17H,3-13,15H2,1-2H3,(H2,20,21,23). The number of unbranched alkanes of at least 4 members (excludes halogenated alkanes) is 1. The summed E-state index contributed by atoms with van der Waals surface area (Å²) in [7, 11) is 0. The molecule has 0 bridgehead atoms. The smallest absolute Gasteiger partial charge is 0.191 e. The molecule has 1 aromatic heterocycles. The number of aryl methyl sites for hydroxylation is 1. The van der Waals surface area contributed by atoms with E-state index in [-0.39, 0.29) is 0 Å². The van der Waals surface area contributed by atoms with Gasteiger partial charge in [0.15, 0.2) is 5.96 Å². The molecule has 0 saturated heterocycles. The van der Waals surface area contributed by atoms with Gasteiger partial charge in [0.1, 0.15) is 5.01 Å². The topological polar surface area (TPSA) is 58.5 Å². The number of aromatic nitrogens is 1. The summed E-state index contributed by atoms with van der Waals surface area (Å²) in [6.45, 7) is 7.48. The molecule has 0 spiro atoms. The van der Waals surface area contributed by atoms with Crippen LogP contribution in [-0.4, -0.2) is 36.7 Å². The van der Waals surface area contributed by atoms with E-state index in [1.807, 2.05) is 6.20 Å². The van der Waals surface area contributed by atoms with Gasteiger partial charge in [-0.3, -0.25) is 0 Å². The number of rotatable bonds is 9. The molecule has 142 valence electrons. The third-order valence-electron chi connectivity index (χ3n) is 4.41. The maximum absolute atomic E-state index is 6.04. The first-order chi connectivity index (χ1) is 12.3. The Balaban J connectivity index is 1.58. The van der Waals surface area contributed by atoms with Crippen LogP contribution < -0.4 is 10.6 Å². The van der Waals surface area contributed by atoms with Crippen molar-refractivity contribution in [1.29, 1.82) is 0 Å². The van der Waals surface area contributed by atoms with Gasteiger partial charge < -0.3 is 15.4 Å². The van der Waals surface area contributed by atoms with Gasteiger partial charge in [-0.2, -0.15) is 0 Å². The van der Waals surface area contributed by atoms with Crippen molar-refractivity contribution in [2.45, 2.75) is 77.9 Å². The van der Waals surface area contributed by atoms with Crippen molar-refractivity contribution in [3.05, 3.63) is 16.1 Å². The molecule has 0 amide bonds. The van der Waals surface area contributed by atoms with Crippen LogP contribution in [0.1, 0.15) is 68.2 Å². The van der Waals surface area contributed by atoms with E-state index in [2.05, 4.69) is 34.5 Å². The predicted octanol–water partition coefficient (Wildman–Crippen LogP) is 4.03. The second kappa shape index (κ2) is 12.3. The zero-order chi connectivity index (χ0) is 17.7. The van der Waals surface area contributed by atoms with E-state index in [9.17, 15) is 0 Å². The fraction of sp³-hybridized carbons (Fsp3) is 0.789. The minimum Gasteiger partial charge on any atom is -0.378 e. The van der Waals surface area contributed by atoms with Gasteiger partial charge in [-0.1, -0.05) is 25.7 Å². The van der Waals surface area contributed by atoms with Crippen LogP contribution in [0.15, 0.2) is 11.2 Å². The van der Waals surface area contributed by atoms with Gasteiger partial charge in [0.25, 0.3) is 0 Å². The number of nitrogens with zero attached hydrogens (tertiary/aromatic N) is 2. The summed E-state index contributed by atoms with van der Waals surface area (Å²) in [5.41, 5.74) is 0. The number of ether oxygens (including phenoxy) is 1. The quantitative estimate of drug-likeness (QED) is 0.300. The average Bonchev–Trinajstić information content (AvgIpc) is 2.86. The Kier molecular flexibility index (Phi) is 9.89. The van der Waals surface area contributed by atoms with Gasteiger partial charge in [0.2, 0.25) is 0 Å². The molecular formula is C19H34N4OS. The van der Waals surface area contributed by atoms with Crippen LogP contribution >= 0.6 is 11.3 Å². The molecule has 1 aliphatic rings. The van der Waals surface area contributed by atoms with Crippen LogP contribution in [0.3, 0.4) is 0 Å². The second-order valence-corrected chi connectivity index (χ2v) is 8.00. The molecule has 2 N–H and O–H groups in total. The Hall–Kier alpha value is -1.14. The maximum atomic E-state index is 6.04. The van der Waals surface area contributed by atoms with E-state index in [1.165, 1.54) is 43.4 Å². The molecular weight excluding hydrogens is 332 g/mol. The highest BCUT2D eigenvalue weighted by Gasteiger charge is 2.11. The highest BCUT2D eigenvalue weighted by atomic mass is 32.1. The minimum atomic E-state index is 0.510. The zero-order valence-electron chi connectivity index (χ0n) is 15.9. The van der Waals surface area contributed by atoms with Gasteiger partial charge in [-0.25, -0.2) is 9.98 Å². The first-order valence-electron chi connectivity index (χ1n) is 9.83. The molecule has 0 atom stereocenters. The summed E-state index contributed by atoms with van der Waals surface area (Å²) in [6.07, 6.45) is 12.6. The Morgan fingerprint density at radius 1 is 1.24 bits per heavy atom. The lowest BCUT2D eigenvalue weighted by Crippen LogP contribution is -2.37. The molecule has 0 radical (unpaired) electrons. The van der Waals surface area contributed by atoms with Gasteiger partial charge in [-0.15, -0.1) is 11.3 Å². The van der Waals surface area contributed by atoms with Crippen molar-refractivity contribution in [2.24, 2.45) is 4.99 Å². The number of nitrogens with one attached hydrogen (secondary N) is 2. The molecule has 1 fully saturated rings. The molecule has 0 unspecified atom stereocenters. The average molecular weight is 367 g/mol. The second-order valence-electron chi connectivity index (χ2n) is 6.68. The van der Waals surface area contributed by atoms with Crippen LogP contribution in [-0.2, 0) is 11.3 Å². The summed E-state index contributed by atoms with van der Waals surface area (Å²) >= 11 is 1.71. The molecule has 25 heavy (non-hydrogen) atoms. The molecule has 1 saturated carbocycles. The third kappa shape index (κ3) is 8.68. The van der Waals surface area contributed by atoms with Crippen molar-refractivity contribution >= 4 is 17.3 Å². The summed E-state index contributed by atoms with van der Waals surface area (Å²) in [5, 5.41) is 7.76. The SMILES string of the molecule is CCNC(=NCc1ncc(C)s1)NCCCCOC1CCCCCC1. The highest BCUT2D eigenvalue weighted by molar-refractivity contribution is 7.11. The first kappa shape index (κ1) is 20.2. The lowest BCUT2D eigenvalue weighted by atomic mass is 10.1. The molecule has 1 aromatic rings. The Bertz CT molecular complexity index is 495. The van der Waals surface area contributed by atoms with Crippen LogP contribution in [0.5, 0.6) is 0 Å². The normalized spacial score (nSPS) is 16.6. The van der Waals surface area contributed by atoms with Crippen LogP contribution in [0.4, 0.5) is 0 Å². The van der Waals surface area contributed by atoms with E-state index < -0.39 is 0 Å². The molecule has 6 heteroatoms. The lowest BCUT2D eigenvalue weighted by molar-refractivity contribution is 0.0411. The Morgan fingerprint density at radius 2 is 2.04 bits per heavy atom. The highest BCUT2D eigenvalue weighted by Crippen LogP contribution is 2.19. The van der Waals surface area contributed by atoms with Gasteiger partial charge in [0, 0.05) is 30.8 Å². The van der Waals surface area contributed by atoms with Gasteiger partial charge in [0.05, 0.1) is 12.6 Å². The van der Waals surface area contributed by atoms with Crippen molar-refractivity contribution in [1.82, 2.24) is 15.6 Å². The van der Waals surface area contributed by atoms with Crippen molar-refractivity contribution in [3.63, 3.8) is 0 Å². The zero-order valence-corrected chi connectivity index (χ0v) is 16.7. The molecule has 1 aliphatic carbocycles. The fourth-order valence-electron chi connectivity index (χ4n) is 3.06. The minimum absolute atomic E-state index is 0.510. The molecule has 0 aromatic carbocycles.